The van der Waals surface area contributed by atoms with Gasteiger partial charge in [0.15, 0.2) is 0 Å². The lowest BCUT2D eigenvalue weighted by Crippen LogP contribution is -2.15. The van der Waals surface area contributed by atoms with Crippen molar-refractivity contribution >= 4 is 5.69 Å². The zero-order valence-electron chi connectivity index (χ0n) is 10.3. The third kappa shape index (κ3) is 2.68. The standard InChI is InChI=1S/C13H15N3O2/c1-8(2)11-7-12(15-16-13(11)17)18-10-5-3-9(14)4-6-10/h3-8H,14H2,1-2H3,(H,16,17). The molecule has 1 aromatic heterocycles. The average Bonchev–Trinajstić information content (AvgIpc) is 2.34. The molecule has 1 heterocycles. The number of H-pyrrole nitrogens is 1. The Morgan fingerprint density at radius 2 is 1.94 bits per heavy atom. The Hall–Kier alpha value is -2.30. The fourth-order valence-corrected chi connectivity index (χ4v) is 1.54. The molecular formula is C13H15N3O2. The van der Waals surface area contributed by atoms with Gasteiger partial charge in [0, 0.05) is 17.3 Å². The summed E-state index contributed by atoms with van der Waals surface area (Å²) in [6.07, 6.45) is 0. The summed E-state index contributed by atoms with van der Waals surface area (Å²) in [4.78, 5) is 11.5. The number of ether oxygens (including phenoxy) is 1. The van der Waals surface area contributed by atoms with Gasteiger partial charge in [-0.05, 0) is 30.2 Å². The Labute approximate surface area is 105 Å². The first-order chi connectivity index (χ1) is 8.56. The van der Waals surface area contributed by atoms with Crippen molar-refractivity contribution in [2.75, 3.05) is 5.73 Å². The van der Waals surface area contributed by atoms with Crippen molar-refractivity contribution in [3.63, 3.8) is 0 Å². The van der Waals surface area contributed by atoms with Crippen molar-refractivity contribution in [3.8, 4) is 11.6 Å². The highest BCUT2D eigenvalue weighted by atomic mass is 16.5. The molecule has 2 rings (SSSR count). The van der Waals surface area contributed by atoms with Crippen molar-refractivity contribution < 1.29 is 4.74 Å². The molecule has 94 valence electrons. The predicted molar refractivity (Wildman–Crippen MR) is 69.9 cm³/mol. The maximum atomic E-state index is 11.5. The molecule has 0 aliphatic heterocycles. The van der Waals surface area contributed by atoms with Crippen molar-refractivity contribution in [1.29, 1.82) is 0 Å². The van der Waals surface area contributed by atoms with Crippen LogP contribution in [0.2, 0.25) is 0 Å². The third-order valence-corrected chi connectivity index (χ3v) is 2.53. The lowest BCUT2D eigenvalue weighted by atomic mass is 10.1. The van der Waals surface area contributed by atoms with E-state index >= 15 is 0 Å². The first kappa shape index (κ1) is 12.2. The summed E-state index contributed by atoms with van der Waals surface area (Å²) in [6, 6.07) is 8.63. The number of hydrogen-bond donors (Lipinski definition) is 2. The van der Waals surface area contributed by atoms with Gasteiger partial charge in [0.2, 0.25) is 5.88 Å². The van der Waals surface area contributed by atoms with Crippen LogP contribution in [-0.4, -0.2) is 10.2 Å². The van der Waals surface area contributed by atoms with Crippen LogP contribution < -0.4 is 16.0 Å². The minimum absolute atomic E-state index is 0.116. The Bertz CT molecular complexity index is 588. The SMILES string of the molecule is CC(C)c1cc(Oc2ccc(N)cc2)n[nH]c1=O. The van der Waals surface area contributed by atoms with E-state index in [0.717, 1.165) is 0 Å². The van der Waals surface area contributed by atoms with Crippen LogP contribution in [-0.2, 0) is 0 Å². The van der Waals surface area contributed by atoms with Crippen molar-refractivity contribution in [1.82, 2.24) is 10.2 Å². The first-order valence-electron chi connectivity index (χ1n) is 5.69. The van der Waals surface area contributed by atoms with Gasteiger partial charge in [0.05, 0.1) is 0 Å². The van der Waals surface area contributed by atoms with E-state index in [4.69, 9.17) is 10.5 Å². The number of hydrogen-bond acceptors (Lipinski definition) is 4. The van der Waals surface area contributed by atoms with Crippen LogP contribution in [0.25, 0.3) is 0 Å². The highest BCUT2D eigenvalue weighted by molar-refractivity contribution is 5.42. The summed E-state index contributed by atoms with van der Waals surface area (Å²) in [5, 5.41) is 6.27. The molecule has 0 radical (unpaired) electrons. The van der Waals surface area contributed by atoms with Gasteiger partial charge < -0.3 is 10.5 Å². The molecule has 5 nitrogen and oxygen atoms in total. The van der Waals surface area contributed by atoms with Gasteiger partial charge in [-0.3, -0.25) is 4.79 Å². The monoisotopic (exact) mass is 245 g/mol. The molecule has 0 saturated heterocycles. The molecule has 0 aliphatic rings. The van der Waals surface area contributed by atoms with E-state index in [1.807, 2.05) is 13.8 Å². The van der Waals surface area contributed by atoms with E-state index in [0.29, 0.717) is 22.9 Å². The van der Waals surface area contributed by atoms with Crippen LogP contribution in [0, 0.1) is 0 Å². The summed E-state index contributed by atoms with van der Waals surface area (Å²) < 4.78 is 5.54. The van der Waals surface area contributed by atoms with Crippen LogP contribution in [0.5, 0.6) is 11.6 Å². The van der Waals surface area contributed by atoms with Crippen LogP contribution in [0.1, 0.15) is 25.3 Å². The maximum Gasteiger partial charge on any atom is 0.267 e. The van der Waals surface area contributed by atoms with Gasteiger partial charge in [-0.2, -0.15) is 0 Å². The number of nitrogen functional groups attached to an aromatic ring is 1. The maximum absolute atomic E-state index is 11.5. The van der Waals surface area contributed by atoms with Crippen LogP contribution in [0.3, 0.4) is 0 Å². The number of nitrogens with zero attached hydrogens (tertiary/aromatic N) is 1. The molecular weight excluding hydrogens is 230 g/mol. The van der Waals surface area contributed by atoms with Gasteiger partial charge in [-0.25, -0.2) is 5.10 Å². The largest absolute Gasteiger partial charge is 0.438 e. The zero-order chi connectivity index (χ0) is 13.1. The molecule has 5 heteroatoms. The Morgan fingerprint density at radius 3 is 2.56 bits per heavy atom. The number of aromatic amines is 1. The summed E-state index contributed by atoms with van der Waals surface area (Å²) in [5.74, 6) is 1.10. The van der Waals surface area contributed by atoms with Gasteiger partial charge in [0.25, 0.3) is 5.56 Å². The molecule has 3 N–H and O–H groups in total. The second-order valence-corrected chi connectivity index (χ2v) is 4.32. The van der Waals surface area contributed by atoms with Crippen LogP contribution >= 0.6 is 0 Å². The Kier molecular flexibility index (Phi) is 3.32. The number of nitrogens with one attached hydrogen (secondary N) is 1. The van der Waals surface area contributed by atoms with E-state index in [1.54, 1.807) is 30.3 Å². The van der Waals surface area contributed by atoms with Crippen molar-refractivity contribution in [3.05, 3.63) is 46.2 Å². The van der Waals surface area contributed by atoms with E-state index in [2.05, 4.69) is 10.2 Å². The molecule has 0 spiro atoms. The summed E-state index contributed by atoms with van der Waals surface area (Å²) >= 11 is 0. The second-order valence-electron chi connectivity index (χ2n) is 4.32. The number of aromatic nitrogens is 2. The highest BCUT2D eigenvalue weighted by Crippen LogP contribution is 2.21. The lowest BCUT2D eigenvalue weighted by Gasteiger charge is -2.07. The fourth-order valence-electron chi connectivity index (χ4n) is 1.54. The Morgan fingerprint density at radius 1 is 1.28 bits per heavy atom. The van der Waals surface area contributed by atoms with Gasteiger partial charge in [-0.15, -0.1) is 5.10 Å². The molecule has 0 saturated carbocycles. The molecule has 0 aliphatic carbocycles. The normalized spacial score (nSPS) is 10.6. The molecule has 0 atom stereocenters. The van der Waals surface area contributed by atoms with Gasteiger partial charge >= 0.3 is 0 Å². The topological polar surface area (TPSA) is 81.0 Å². The minimum atomic E-state index is -0.186. The fraction of sp³-hybridized carbons (Fsp3) is 0.231. The molecule has 0 bridgehead atoms. The zero-order valence-corrected chi connectivity index (χ0v) is 10.3. The molecule has 18 heavy (non-hydrogen) atoms. The molecule has 0 unspecified atom stereocenters. The van der Waals surface area contributed by atoms with Gasteiger partial charge in [0.1, 0.15) is 5.75 Å². The second kappa shape index (κ2) is 4.91. The van der Waals surface area contributed by atoms with Crippen molar-refractivity contribution in [2.24, 2.45) is 0 Å². The smallest absolute Gasteiger partial charge is 0.267 e. The van der Waals surface area contributed by atoms with E-state index in [9.17, 15) is 4.79 Å². The minimum Gasteiger partial charge on any atom is -0.438 e. The third-order valence-electron chi connectivity index (χ3n) is 2.53. The lowest BCUT2D eigenvalue weighted by molar-refractivity contribution is 0.452. The van der Waals surface area contributed by atoms with E-state index in [1.165, 1.54) is 0 Å². The number of rotatable bonds is 3. The molecule has 1 aromatic carbocycles. The number of benzene rings is 1. The predicted octanol–water partition coefficient (Wildman–Crippen LogP) is 2.27. The van der Waals surface area contributed by atoms with E-state index in [-0.39, 0.29) is 11.5 Å². The molecule has 0 fully saturated rings. The number of anilines is 1. The highest BCUT2D eigenvalue weighted by Gasteiger charge is 2.08. The quantitative estimate of drug-likeness (QED) is 0.813. The Balaban J connectivity index is 2.27. The average molecular weight is 245 g/mol. The van der Waals surface area contributed by atoms with E-state index < -0.39 is 0 Å². The van der Waals surface area contributed by atoms with Crippen LogP contribution in [0.15, 0.2) is 35.1 Å². The summed E-state index contributed by atoms with van der Waals surface area (Å²) in [6.45, 7) is 3.88. The number of nitrogens with two attached hydrogens (primary N) is 1. The van der Waals surface area contributed by atoms with Crippen molar-refractivity contribution in [2.45, 2.75) is 19.8 Å². The first-order valence-corrected chi connectivity index (χ1v) is 5.69. The molecule has 2 aromatic rings. The van der Waals surface area contributed by atoms with Gasteiger partial charge in [-0.1, -0.05) is 13.8 Å². The summed E-state index contributed by atoms with van der Waals surface area (Å²) in [5.41, 5.74) is 6.71. The van der Waals surface area contributed by atoms with Crippen LogP contribution in [0.4, 0.5) is 5.69 Å². The molecule has 0 amide bonds. The summed E-state index contributed by atoms with van der Waals surface area (Å²) in [7, 11) is 0.